The van der Waals surface area contributed by atoms with Gasteiger partial charge in [0.2, 0.25) is 11.8 Å². The second-order valence-electron chi connectivity index (χ2n) is 7.28. The zero-order valence-corrected chi connectivity index (χ0v) is 16.9. The Morgan fingerprint density at radius 1 is 1.04 bits per heavy atom. The molecule has 3 rings (SSSR count). The molecule has 2 amide bonds. The molecular weight excluding hydrogens is 352 g/mol. The fraction of sp³-hybridized carbons (Fsp3) is 0.391. The van der Waals surface area contributed by atoms with Gasteiger partial charge in [-0.3, -0.25) is 9.59 Å². The Morgan fingerprint density at radius 3 is 2.21 bits per heavy atom. The monoisotopic (exact) mass is 380 g/mol. The molecule has 2 aromatic rings. The van der Waals surface area contributed by atoms with Crippen LogP contribution in [0.2, 0.25) is 0 Å². The van der Waals surface area contributed by atoms with Gasteiger partial charge in [0.25, 0.3) is 0 Å². The summed E-state index contributed by atoms with van der Waals surface area (Å²) >= 11 is 0. The summed E-state index contributed by atoms with van der Waals surface area (Å²) in [5, 5.41) is 0. The SMILES string of the molecule is CCC(=O)N1CCN(C)C(=O)C(Cc2ccc(-c3ccc(OC)cc3)cc2)C1. The first-order valence-corrected chi connectivity index (χ1v) is 9.78. The summed E-state index contributed by atoms with van der Waals surface area (Å²) in [5.41, 5.74) is 3.35. The van der Waals surface area contributed by atoms with Crippen LogP contribution >= 0.6 is 0 Å². The van der Waals surface area contributed by atoms with E-state index >= 15 is 0 Å². The van der Waals surface area contributed by atoms with Crippen molar-refractivity contribution in [2.24, 2.45) is 5.92 Å². The zero-order valence-electron chi connectivity index (χ0n) is 16.9. The van der Waals surface area contributed by atoms with Crippen molar-refractivity contribution in [1.82, 2.24) is 9.80 Å². The summed E-state index contributed by atoms with van der Waals surface area (Å²) in [7, 11) is 3.48. The molecule has 28 heavy (non-hydrogen) atoms. The molecule has 2 aromatic carbocycles. The van der Waals surface area contributed by atoms with E-state index in [0.29, 0.717) is 32.5 Å². The molecule has 1 heterocycles. The van der Waals surface area contributed by atoms with E-state index in [1.165, 1.54) is 0 Å². The standard InChI is InChI=1S/C23H28N2O3/c1-4-22(26)25-14-13-24(2)23(27)20(16-25)15-17-5-7-18(8-6-17)19-9-11-21(28-3)12-10-19/h5-12,20H,4,13-16H2,1-3H3. The van der Waals surface area contributed by atoms with Crippen LogP contribution in [0.1, 0.15) is 18.9 Å². The van der Waals surface area contributed by atoms with E-state index in [1.54, 1.807) is 12.0 Å². The molecule has 0 spiro atoms. The number of carbonyl (C=O) groups excluding carboxylic acids is 2. The Kier molecular flexibility index (Phi) is 6.34. The van der Waals surface area contributed by atoms with Gasteiger partial charge in [-0.25, -0.2) is 0 Å². The Labute approximate surface area is 166 Å². The van der Waals surface area contributed by atoms with Crippen molar-refractivity contribution in [3.63, 3.8) is 0 Å². The van der Waals surface area contributed by atoms with Crippen molar-refractivity contribution < 1.29 is 14.3 Å². The Morgan fingerprint density at radius 2 is 1.64 bits per heavy atom. The maximum Gasteiger partial charge on any atom is 0.227 e. The van der Waals surface area contributed by atoms with E-state index in [-0.39, 0.29) is 17.7 Å². The first-order chi connectivity index (χ1) is 13.5. The van der Waals surface area contributed by atoms with E-state index in [4.69, 9.17) is 4.74 Å². The van der Waals surface area contributed by atoms with Crippen molar-refractivity contribution in [1.29, 1.82) is 0 Å². The summed E-state index contributed by atoms with van der Waals surface area (Å²) in [5.74, 6) is 0.867. The number of carbonyl (C=O) groups is 2. The lowest BCUT2D eigenvalue weighted by molar-refractivity contribution is -0.133. The van der Waals surface area contributed by atoms with Gasteiger partial charge in [-0.05, 0) is 35.2 Å². The molecule has 1 atom stereocenters. The summed E-state index contributed by atoms with van der Waals surface area (Å²) in [4.78, 5) is 28.5. The Hall–Kier alpha value is -2.82. The number of methoxy groups -OCH3 is 1. The molecule has 1 fully saturated rings. The lowest BCUT2D eigenvalue weighted by Gasteiger charge is -2.23. The number of nitrogens with zero attached hydrogens (tertiary/aromatic N) is 2. The molecule has 0 saturated carbocycles. The van der Waals surface area contributed by atoms with Crippen molar-refractivity contribution in [2.45, 2.75) is 19.8 Å². The van der Waals surface area contributed by atoms with E-state index < -0.39 is 0 Å². The number of hydrogen-bond donors (Lipinski definition) is 0. The second kappa shape index (κ2) is 8.91. The van der Waals surface area contributed by atoms with Crippen LogP contribution in [0.5, 0.6) is 5.75 Å². The van der Waals surface area contributed by atoms with Gasteiger partial charge in [0, 0.05) is 33.1 Å². The predicted octanol–water partition coefficient (Wildman–Crippen LogP) is 3.23. The normalized spacial score (nSPS) is 17.4. The number of amides is 2. The van der Waals surface area contributed by atoms with Gasteiger partial charge >= 0.3 is 0 Å². The molecule has 5 heteroatoms. The smallest absolute Gasteiger partial charge is 0.227 e. The third kappa shape index (κ3) is 4.53. The molecule has 1 unspecified atom stereocenters. The average Bonchev–Trinajstić information content (AvgIpc) is 2.87. The number of rotatable bonds is 5. The van der Waals surface area contributed by atoms with Gasteiger partial charge in [0.15, 0.2) is 0 Å². The van der Waals surface area contributed by atoms with E-state index in [9.17, 15) is 9.59 Å². The van der Waals surface area contributed by atoms with Gasteiger partial charge in [-0.2, -0.15) is 0 Å². The molecule has 0 radical (unpaired) electrons. The van der Waals surface area contributed by atoms with Gasteiger partial charge in [-0.15, -0.1) is 0 Å². The summed E-state index contributed by atoms with van der Waals surface area (Å²) < 4.78 is 5.21. The van der Waals surface area contributed by atoms with Crippen LogP contribution in [0.15, 0.2) is 48.5 Å². The van der Waals surface area contributed by atoms with E-state index in [2.05, 4.69) is 24.3 Å². The molecule has 5 nitrogen and oxygen atoms in total. The van der Waals surface area contributed by atoms with Crippen molar-refractivity contribution in [3.05, 3.63) is 54.1 Å². The van der Waals surface area contributed by atoms with Crippen LogP contribution in [0.25, 0.3) is 11.1 Å². The van der Waals surface area contributed by atoms with Crippen LogP contribution in [-0.4, -0.2) is 55.4 Å². The maximum absolute atomic E-state index is 12.7. The van der Waals surface area contributed by atoms with Crippen molar-refractivity contribution >= 4 is 11.8 Å². The predicted molar refractivity (Wildman–Crippen MR) is 110 cm³/mol. The maximum atomic E-state index is 12.7. The molecule has 1 saturated heterocycles. The van der Waals surface area contributed by atoms with Crippen molar-refractivity contribution in [3.8, 4) is 16.9 Å². The van der Waals surface area contributed by atoms with Crippen LogP contribution < -0.4 is 4.74 Å². The fourth-order valence-electron chi connectivity index (χ4n) is 3.63. The van der Waals surface area contributed by atoms with E-state index in [0.717, 1.165) is 22.4 Å². The average molecular weight is 380 g/mol. The fourth-order valence-corrected chi connectivity index (χ4v) is 3.63. The summed E-state index contributed by atoms with van der Waals surface area (Å²) in [6, 6.07) is 16.3. The molecule has 0 bridgehead atoms. The Balaban J connectivity index is 1.73. The van der Waals surface area contributed by atoms with E-state index in [1.807, 2.05) is 43.1 Å². The molecule has 0 aromatic heterocycles. The largest absolute Gasteiger partial charge is 0.497 e. The summed E-state index contributed by atoms with van der Waals surface area (Å²) in [6.45, 7) is 3.57. The van der Waals surface area contributed by atoms with Gasteiger partial charge < -0.3 is 14.5 Å². The highest BCUT2D eigenvalue weighted by Gasteiger charge is 2.30. The van der Waals surface area contributed by atoms with Crippen LogP contribution in [0.3, 0.4) is 0 Å². The molecular formula is C23H28N2O3. The quantitative estimate of drug-likeness (QED) is 0.800. The minimum absolute atomic E-state index is 0.114. The summed E-state index contributed by atoms with van der Waals surface area (Å²) in [6.07, 6.45) is 1.11. The molecule has 1 aliphatic rings. The van der Waals surface area contributed by atoms with Gasteiger partial charge in [0.1, 0.15) is 5.75 Å². The van der Waals surface area contributed by atoms with Crippen molar-refractivity contribution in [2.75, 3.05) is 33.8 Å². The first-order valence-electron chi connectivity index (χ1n) is 9.78. The number of ether oxygens (including phenoxy) is 1. The molecule has 1 aliphatic heterocycles. The van der Waals surface area contributed by atoms with Crippen LogP contribution in [0, 0.1) is 5.92 Å². The Bertz CT molecular complexity index is 815. The highest BCUT2D eigenvalue weighted by atomic mass is 16.5. The highest BCUT2D eigenvalue weighted by Crippen LogP contribution is 2.24. The molecule has 148 valence electrons. The minimum Gasteiger partial charge on any atom is -0.497 e. The zero-order chi connectivity index (χ0) is 20.1. The number of hydrogen-bond acceptors (Lipinski definition) is 3. The highest BCUT2D eigenvalue weighted by molar-refractivity contribution is 5.82. The lowest BCUT2D eigenvalue weighted by atomic mass is 9.95. The van der Waals surface area contributed by atoms with Crippen LogP contribution in [-0.2, 0) is 16.0 Å². The third-order valence-electron chi connectivity index (χ3n) is 5.39. The first kappa shape index (κ1) is 19.9. The molecule has 0 N–H and O–H groups in total. The molecule has 0 aliphatic carbocycles. The number of likely N-dealkylation sites (N-methyl/N-ethyl adjacent to an activating group) is 1. The number of benzene rings is 2. The third-order valence-corrected chi connectivity index (χ3v) is 5.39. The second-order valence-corrected chi connectivity index (χ2v) is 7.28. The van der Waals surface area contributed by atoms with Gasteiger partial charge in [0.05, 0.1) is 13.0 Å². The topological polar surface area (TPSA) is 49.9 Å². The minimum atomic E-state index is -0.199. The lowest BCUT2D eigenvalue weighted by Crippen LogP contribution is -2.37. The van der Waals surface area contributed by atoms with Gasteiger partial charge in [-0.1, -0.05) is 43.3 Å². The van der Waals surface area contributed by atoms with Crippen LogP contribution in [0.4, 0.5) is 0 Å².